The Bertz CT molecular complexity index is 1030. The van der Waals surface area contributed by atoms with Gasteiger partial charge in [-0.1, -0.05) is 12.1 Å². The van der Waals surface area contributed by atoms with Crippen molar-refractivity contribution in [2.45, 2.75) is 18.8 Å². The molecule has 0 saturated heterocycles. The fourth-order valence-corrected chi connectivity index (χ4v) is 2.79. The second kappa shape index (κ2) is 7.66. The van der Waals surface area contributed by atoms with Gasteiger partial charge in [0.05, 0.1) is 24.6 Å². The van der Waals surface area contributed by atoms with Crippen LogP contribution in [0.3, 0.4) is 0 Å². The molecular weight excluding hydrogens is 344 g/mol. The molecule has 0 amide bonds. The molecule has 1 atom stereocenters. The summed E-state index contributed by atoms with van der Waals surface area (Å²) >= 11 is 0. The number of anilines is 2. The first-order chi connectivity index (χ1) is 13.0. The number of nitrogens with zero attached hydrogens (tertiary/aromatic N) is 4. The Labute approximate surface area is 156 Å². The van der Waals surface area contributed by atoms with Crippen LogP contribution in [0.25, 0.3) is 11.2 Å². The number of carbonyl (C=O) groups excluding carboxylic acids is 1. The number of terminal acetylenes is 1. The molecule has 0 spiro atoms. The van der Waals surface area contributed by atoms with E-state index in [1.165, 1.54) is 7.11 Å². The number of fused-ring (bicyclic) bond motifs is 1. The average molecular weight is 362 g/mol. The third-order valence-electron chi connectivity index (χ3n) is 4.12. The molecule has 4 N–H and O–H groups in total. The first-order valence-corrected chi connectivity index (χ1v) is 8.18. The molecule has 136 valence electrons. The van der Waals surface area contributed by atoms with Crippen molar-refractivity contribution in [3.63, 3.8) is 0 Å². The van der Waals surface area contributed by atoms with E-state index < -0.39 is 0 Å². The summed E-state index contributed by atoms with van der Waals surface area (Å²) in [5.74, 6) is 2.54. The summed E-state index contributed by atoms with van der Waals surface area (Å²) in [4.78, 5) is 28.3. The molecule has 1 unspecified atom stereocenters. The van der Waals surface area contributed by atoms with E-state index in [0.29, 0.717) is 35.3 Å². The van der Waals surface area contributed by atoms with Gasteiger partial charge in [-0.25, -0.2) is 14.8 Å². The number of hydrogen-bond acceptors (Lipinski definition) is 8. The highest BCUT2D eigenvalue weighted by atomic mass is 16.5. The number of ether oxygens (including phenoxy) is 1. The number of esters is 1. The zero-order valence-electron chi connectivity index (χ0n) is 14.7. The molecule has 0 bridgehead atoms. The number of nitrogens with two attached hydrogens (primary N) is 2. The monoisotopic (exact) mass is 362 g/mol. The van der Waals surface area contributed by atoms with Gasteiger partial charge in [0.1, 0.15) is 0 Å². The highest BCUT2D eigenvalue weighted by Crippen LogP contribution is 2.25. The van der Waals surface area contributed by atoms with Crippen LogP contribution in [0.4, 0.5) is 11.8 Å². The summed E-state index contributed by atoms with van der Waals surface area (Å²) in [6.07, 6.45) is 8.22. The van der Waals surface area contributed by atoms with Crippen molar-refractivity contribution in [1.29, 1.82) is 0 Å². The Hall–Kier alpha value is -3.73. The Morgan fingerprint density at radius 1 is 1.22 bits per heavy atom. The van der Waals surface area contributed by atoms with E-state index in [4.69, 9.17) is 22.6 Å². The van der Waals surface area contributed by atoms with Gasteiger partial charge in [0.25, 0.3) is 0 Å². The lowest BCUT2D eigenvalue weighted by atomic mass is 9.91. The number of hydrogen-bond donors (Lipinski definition) is 2. The number of rotatable bonds is 5. The SMILES string of the molecule is C#CCC(Cc1cnc2nc(N)nc(N)c2n1)c1ccc(C(=O)OC)cc1. The number of methoxy groups -OCH3 is 1. The fraction of sp³-hybridized carbons (Fsp3) is 0.211. The normalized spacial score (nSPS) is 11.7. The largest absolute Gasteiger partial charge is 0.465 e. The predicted octanol–water partition coefficient (Wildman–Crippen LogP) is 1.72. The van der Waals surface area contributed by atoms with Crippen molar-refractivity contribution in [2.24, 2.45) is 0 Å². The third-order valence-corrected chi connectivity index (χ3v) is 4.12. The zero-order valence-corrected chi connectivity index (χ0v) is 14.7. The standard InChI is InChI=1S/C19H18N6O2/c1-3-4-13(11-5-7-12(8-6-11)18(26)27-2)9-14-10-22-17-15(23-14)16(20)24-19(21)25-17/h1,5-8,10,13H,4,9H2,2H3,(H4,20,21,22,24,25). The molecule has 1 aromatic carbocycles. The van der Waals surface area contributed by atoms with Gasteiger partial charge in [-0.2, -0.15) is 9.97 Å². The zero-order chi connectivity index (χ0) is 19.4. The smallest absolute Gasteiger partial charge is 0.337 e. The minimum atomic E-state index is -0.384. The molecule has 8 heteroatoms. The Kier molecular flexibility index (Phi) is 5.13. The molecule has 0 aliphatic rings. The molecule has 0 fully saturated rings. The highest BCUT2D eigenvalue weighted by molar-refractivity contribution is 5.89. The lowest BCUT2D eigenvalue weighted by molar-refractivity contribution is 0.0600. The van der Waals surface area contributed by atoms with Gasteiger partial charge in [-0.15, -0.1) is 12.3 Å². The van der Waals surface area contributed by atoms with E-state index in [-0.39, 0.29) is 23.7 Å². The highest BCUT2D eigenvalue weighted by Gasteiger charge is 2.15. The van der Waals surface area contributed by atoms with Crippen LogP contribution in [-0.2, 0) is 11.2 Å². The van der Waals surface area contributed by atoms with Crippen LogP contribution in [-0.4, -0.2) is 33.0 Å². The number of carbonyl (C=O) groups is 1. The van der Waals surface area contributed by atoms with Crippen LogP contribution in [0.1, 0.15) is 34.0 Å². The van der Waals surface area contributed by atoms with Crippen LogP contribution < -0.4 is 11.5 Å². The summed E-state index contributed by atoms with van der Waals surface area (Å²) in [6, 6.07) is 7.15. The number of benzene rings is 1. The minimum Gasteiger partial charge on any atom is -0.465 e. The van der Waals surface area contributed by atoms with Crippen LogP contribution in [0, 0.1) is 12.3 Å². The van der Waals surface area contributed by atoms with E-state index in [1.807, 2.05) is 12.1 Å². The Morgan fingerprint density at radius 3 is 2.63 bits per heavy atom. The molecule has 0 aliphatic heterocycles. The van der Waals surface area contributed by atoms with E-state index in [1.54, 1.807) is 18.3 Å². The summed E-state index contributed by atoms with van der Waals surface area (Å²) in [5, 5.41) is 0. The van der Waals surface area contributed by atoms with Gasteiger partial charge < -0.3 is 16.2 Å². The lowest BCUT2D eigenvalue weighted by Crippen LogP contribution is -2.08. The lowest BCUT2D eigenvalue weighted by Gasteiger charge is -2.15. The molecule has 2 heterocycles. The van der Waals surface area contributed by atoms with Crippen molar-refractivity contribution in [2.75, 3.05) is 18.6 Å². The van der Waals surface area contributed by atoms with Crippen molar-refractivity contribution < 1.29 is 9.53 Å². The van der Waals surface area contributed by atoms with Crippen molar-refractivity contribution in [3.8, 4) is 12.3 Å². The summed E-state index contributed by atoms with van der Waals surface area (Å²) in [6.45, 7) is 0. The fourth-order valence-electron chi connectivity index (χ4n) is 2.79. The Balaban J connectivity index is 1.89. The van der Waals surface area contributed by atoms with E-state index in [0.717, 1.165) is 5.56 Å². The number of nitrogen functional groups attached to an aromatic ring is 2. The average Bonchev–Trinajstić information content (AvgIpc) is 2.67. The van der Waals surface area contributed by atoms with Gasteiger partial charge in [-0.3, -0.25) is 0 Å². The van der Waals surface area contributed by atoms with Crippen LogP contribution >= 0.6 is 0 Å². The maximum absolute atomic E-state index is 11.6. The topological polar surface area (TPSA) is 130 Å². The quantitative estimate of drug-likeness (QED) is 0.518. The maximum Gasteiger partial charge on any atom is 0.337 e. The first-order valence-electron chi connectivity index (χ1n) is 8.18. The first kappa shape index (κ1) is 18.1. The predicted molar refractivity (Wildman–Crippen MR) is 102 cm³/mol. The molecule has 0 aliphatic carbocycles. The van der Waals surface area contributed by atoms with Gasteiger partial charge in [-0.05, 0) is 24.1 Å². The van der Waals surface area contributed by atoms with Crippen molar-refractivity contribution in [3.05, 3.63) is 47.3 Å². The molecule has 27 heavy (non-hydrogen) atoms. The molecule has 3 aromatic rings. The van der Waals surface area contributed by atoms with Crippen molar-refractivity contribution in [1.82, 2.24) is 19.9 Å². The maximum atomic E-state index is 11.6. The third kappa shape index (κ3) is 3.93. The van der Waals surface area contributed by atoms with E-state index in [9.17, 15) is 4.79 Å². The van der Waals surface area contributed by atoms with Crippen LogP contribution in [0.5, 0.6) is 0 Å². The van der Waals surface area contributed by atoms with Gasteiger partial charge in [0.15, 0.2) is 17.0 Å². The van der Waals surface area contributed by atoms with Gasteiger partial charge in [0.2, 0.25) is 5.95 Å². The molecule has 0 radical (unpaired) electrons. The van der Waals surface area contributed by atoms with Crippen LogP contribution in [0.2, 0.25) is 0 Å². The van der Waals surface area contributed by atoms with E-state index >= 15 is 0 Å². The minimum absolute atomic E-state index is 0.00405. The molecule has 3 rings (SSSR count). The van der Waals surface area contributed by atoms with Gasteiger partial charge in [0, 0.05) is 12.3 Å². The van der Waals surface area contributed by atoms with E-state index in [2.05, 4.69) is 25.9 Å². The summed E-state index contributed by atoms with van der Waals surface area (Å²) in [5.41, 5.74) is 14.4. The Morgan fingerprint density at radius 2 is 1.96 bits per heavy atom. The molecule has 2 aromatic heterocycles. The van der Waals surface area contributed by atoms with Gasteiger partial charge >= 0.3 is 5.97 Å². The molecule has 0 saturated carbocycles. The summed E-state index contributed by atoms with van der Waals surface area (Å²) in [7, 11) is 1.35. The second-order valence-corrected chi connectivity index (χ2v) is 5.92. The molecular formula is C19H18N6O2. The molecule has 8 nitrogen and oxygen atoms in total. The van der Waals surface area contributed by atoms with Crippen LogP contribution in [0.15, 0.2) is 30.5 Å². The van der Waals surface area contributed by atoms with Crippen molar-refractivity contribution >= 4 is 28.9 Å². The second-order valence-electron chi connectivity index (χ2n) is 5.92. The number of aromatic nitrogens is 4. The summed E-state index contributed by atoms with van der Waals surface area (Å²) < 4.78 is 4.72.